The van der Waals surface area contributed by atoms with Crippen LogP contribution in [-0.4, -0.2) is 18.5 Å². The molecule has 0 bridgehead atoms. The molecule has 0 aromatic heterocycles. The Bertz CT molecular complexity index is 355. The first-order valence-electron chi connectivity index (χ1n) is 6.81. The monoisotopic (exact) mass is 248 g/mol. The molecule has 1 aromatic rings. The van der Waals surface area contributed by atoms with E-state index in [-0.39, 0.29) is 5.91 Å². The summed E-state index contributed by atoms with van der Waals surface area (Å²) in [5.74, 6) is 0.0586. The standard InChI is InChI=1S/C15H24N2O/c1-4-12-7-9-14(10-8-12)16-11-15(18)17-13(5-2)6-3/h7-10,13,16H,4-6,11H2,1-3H3,(H,17,18). The zero-order valence-electron chi connectivity index (χ0n) is 11.6. The number of benzene rings is 1. The first kappa shape index (κ1) is 14.6. The fourth-order valence-corrected chi connectivity index (χ4v) is 1.81. The highest BCUT2D eigenvalue weighted by Crippen LogP contribution is 2.09. The van der Waals surface area contributed by atoms with Gasteiger partial charge in [-0.3, -0.25) is 4.79 Å². The van der Waals surface area contributed by atoms with Crippen LogP contribution in [0, 0.1) is 0 Å². The molecule has 0 fully saturated rings. The van der Waals surface area contributed by atoms with Crippen molar-refractivity contribution in [3.05, 3.63) is 29.8 Å². The van der Waals surface area contributed by atoms with Gasteiger partial charge >= 0.3 is 0 Å². The summed E-state index contributed by atoms with van der Waals surface area (Å²) in [4.78, 5) is 11.7. The van der Waals surface area contributed by atoms with Crippen LogP contribution >= 0.6 is 0 Å². The smallest absolute Gasteiger partial charge is 0.239 e. The lowest BCUT2D eigenvalue weighted by Gasteiger charge is -2.15. The van der Waals surface area contributed by atoms with Gasteiger partial charge in [0.05, 0.1) is 6.54 Å². The van der Waals surface area contributed by atoms with Crippen molar-refractivity contribution in [2.24, 2.45) is 0 Å². The van der Waals surface area contributed by atoms with Gasteiger partial charge in [-0.25, -0.2) is 0 Å². The fraction of sp³-hybridized carbons (Fsp3) is 0.533. The van der Waals surface area contributed by atoms with E-state index in [0.717, 1.165) is 24.9 Å². The van der Waals surface area contributed by atoms with Gasteiger partial charge in [-0.2, -0.15) is 0 Å². The molecule has 2 N–H and O–H groups in total. The largest absolute Gasteiger partial charge is 0.376 e. The topological polar surface area (TPSA) is 41.1 Å². The molecule has 0 aliphatic carbocycles. The molecule has 0 saturated carbocycles. The van der Waals surface area contributed by atoms with Gasteiger partial charge in [0.2, 0.25) is 5.91 Å². The molecule has 0 atom stereocenters. The third-order valence-electron chi connectivity index (χ3n) is 3.17. The number of carbonyl (C=O) groups excluding carboxylic acids is 1. The lowest BCUT2D eigenvalue weighted by Crippen LogP contribution is -2.37. The maximum Gasteiger partial charge on any atom is 0.239 e. The highest BCUT2D eigenvalue weighted by atomic mass is 16.1. The minimum Gasteiger partial charge on any atom is -0.376 e. The van der Waals surface area contributed by atoms with Crippen LogP contribution in [0.3, 0.4) is 0 Å². The van der Waals surface area contributed by atoms with Crippen LogP contribution in [0.25, 0.3) is 0 Å². The van der Waals surface area contributed by atoms with Crippen molar-refractivity contribution in [2.45, 2.75) is 46.1 Å². The number of hydrogen-bond donors (Lipinski definition) is 2. The van der Waals surface area contributed by atoms with Gasteiger partial charge in [0.25, 0.3) is 0 Å². The lowest BCUT2D eigenvalue weighted by molar-refractivity contribution is -0.120. The Morgan fingerprint density at radius 2 is 1.72 bits per heavy atom. The lowest BCUT2D eigenvalue weighted by atomic mass is 10.1. The second kappa shape index (κ2) is 7.75. The molecular formula is C15H24N2O. The SMILES string of the molecule is CCc1ccc(NCC(=O)NC(CC)CC)cc1. The van der Waals surface area contributed by atoms with Gasteiger partial charge in [-0.05, 0) is 37.0 Å². The minimum absolute atomic E-state index is 0.0586. The van der Waals surface area contributed by atoms with Crippen LogP contribution in [-0.2, 0) is 11.2 Å². The summed E-state index contributed by atoms with van der Waals surface area (Å²) < 4.78 is 0. The third-order valence-corrected chi connectivity index (χ3v) is 3.17. The average molecular weight is 248 g/mol. The van der Waals surface area contributed by atoms with Crippen molar-refractivity contribution in [1.82, 2.24) is 5.32 Å². The molecule has 3 heteroatoms. The third kappa shape index (κ3) is 4.78. The predicted molar refractivity (Wildman–Crippen MR) is 76.8 cm³/mol. The Balaban J connectivity index is 2.37. The van der Waals surface area contributed by atoms with E-state index in [2.05, 4.69) is 43.5 Å². The van der Waals surface area contributed by atoms with Crippen LogP contribution in [0.1, 0.15) is 39.2 Å². The van der Waals surface area contributed by atoms with Crippen LogP contribution in [0.15, 0.2) is 24.3 Å². The van der Waals surface area contributed by atoms with Gasteiger partial charge < -0.3 is 10.6 Å². The molecule has 0 aliphatic rings. The van der Waals surface area contributed by atoms with Crippen molar-refractivity contribution < 1.29 is 4.79 Å². The summed E-state index contributed by atoms with van der Waals surface area (Å²) in [7, 11) is 0. The molecule has 0 saturated heterocycles. The fourth-order valence-electron chi connectivity index (χ4n) is 1.81. The van der Waals surface area contributed by atoms with E-state index in [4.69, 9.17) is 0 Å². The highest BCUT2D eigenvalue weighted by Gasteiger charge is 2.07. The molecule has 0 spiro atoms. The zero-order valence-corrected chi connectivity index (χ0v) is 11.6. The Morgan fingerprint density at radius 3 is 2.22 bits per heavy atom. The summed E-state index contributed by atoms with van der Waals surface area (Å²) in [6.45, 7) is 6.64. The number of anilines is 1. The van der Waals surface area contributed by atoms with Crippen molar-refractivity contribution in [1.29, 1.82) is 0 Å². The average Bonchev–Trinajstić information content (AvgIpc) is 2.43. The molecule has 18 heavy (non-hydrogen) atoms. The number of nitrogens with one attached hydrogen (secondary N) is 2. The summed E-state index contributed by atoms with van der Waals surface area (Å²) in [5, 5.41) is 6.14. The second-order valence-electron chi connectivity index (χ2n) is 4.48. The van der Waals surface area contributed by atoms with Gasteiger partial charge in [0.15, 0.2) is 0 Å². The van der Waals surface area contributed by atoms with Crippen LogP contribution < -0.4 is 10.6 Å². The maximum absolute atomic E-state index is 11.7. The molecule has 3 nitrogen and oxygen atoms in total. The number of amides is 1. The van der Waals surface area contributed by atoms with Gasteiger partial charge in [-0.1, -0.05) is 32.9 Å². The summed E-state index contributed by atoms with van der Waals surface area (Å²) in [6.07, 6.45) is 3.00. The number of carbonyl (C=O) groups is 1. The number of aryl methyl sites for hydroxylation is 1. The van der Waals surface area contributed by atoms with Crippen LogP contribution in [0.5, 0.6) is 0 Å². The Labute approximate surface area is 110 Å². The molecule has 0 aliphatic heterocycles. The Morgan fingerprint density at radius 1 is 1.11 bits per heavy atom. The highest BCUT2D eigenvalue weighted by molar-refractivity contribution is 5.80. The Hall–Kier alpha value is -1.51. The van der Waals surface area contributed by atoms with Gasteiger partial charge in [0.1, 0.15) is 0 Å². The van der Waals surface area contributed by atoms with Crippen molar-refractivity contribution >= 4 is 11.6 Å². The summed E-state index contributed by atoms with van der Waals surface area (Å²) >= 11 is 0. The van der Waals surface area contributed by atoms with E-state index in [0.29, 0.717) is 12.6 Å². The maximum atomic E-state index is 11.7. The van der Waals surface area contributed by atoms with E-state index >= 15 is 0 Å². The van der Waals surface area contributed by atoms with E-state index in [9.17, 15) is 4.79 Å². The van der Waals surface area contributed by atoms with Crippen LogP contribution in [0.2, 0.25) is 0 Å². The molecule has 0 radical (unpaired) electrons. The first-order valence-corrected chi connectivity index (χ1v) is 6.81. The van der Waals surface area contributed by atoms with Gasteiger partial charge in [-0.15, -0.1) is 0 Å². The second-order valence-corrected chi connectivity index (χ2v) is 4.48. The number of rotatable bonds is 7. The molecule has 0 unspecified atom stereocenters. The van der Waals surface area contributed by atoms with E-state index < -0.39 is 0 Å². The molecule has 1 rings (SSSR count). The first-order chi connectivity index (χ1) is 8.69. The summed E-state index contributed by atoms with van der Waals surface area (Å²) in [6, 6.07) is 8.50. The van der Waals surface area contributed by atoms with Crippen molar-refractivity contribution in [2.75, 3.05) is 11.9 Å². The van der Waals surface area contributed by atoms with E-state index in [1.54, 1.807) is 0 Å². The van der Waals surface area contributed by atoms with E-state index in [1.165, 1.54) is 5.56 Å². The molecular weight excluding hydrogens is 224 g/mol. The molecule has 100 valence electrons. The van der Waals surface area contributed by atoms with Crippen LogP contribution in [0.4, 0.5) is 5.69 Å². The molecule has 1 amide bonds. The quantitative estimate of drug-likeness (QED) is 0.779. The normalized spacial score (nSPS) is 10.4. The molecule has 1 aromatic carbocycles. The van der Waals surface area contributed by atoms with Crippen molar-refractivity contribution in [3.63, 3.8) is 0 Å². The summed E-state index contributed by atoms with van der Waals surface area (Å²) in [5.41, 5.74) is 2.30. The number of hydrogen-bond acceptors (Lipinski definition) is 2. The van der Waals surface area contributed by atoms with Crippen molar-refractivity contribution in [3.8, 4) is 0 Å². The molecule has 0 heterocycles. The van der Waals surface area contributed by atoms with E-state index in [1.807, 2.05) is 12.1 Å². The predicted octanol–water partition coefficient (Wildman–Crippen LogP) is 2.97. The minimum atomic E-state index is 0.0586. The van der Waals surface area contributed by atoms with Gasteiger partial charge in [0, 0.05) is 11.7 Å². The zero-order chi connectivity index (χ0) is 13.4. The Kier molecular flexibility index (Phi) is 6.26.